The summed E-state index contributed by atoms with van der Waals surface area (Å²) in [6.45, 7) is 0. The summed E-state index contributed by atoms with van der Waals surface area (Å²) < 4.78 is 27.9. The number of rotatable bonds is 3. The van der Waals surface area contributed by atoms with Gasteiger partial charge in [0.1, 0.15) is 17.3 Å². The normalized spacial score (nSPS) is 17.4. The van der Waals surface area contributed by atoms with E-state index in [0.29, 0.717) is 11.3 Å². The number of hydrogen-bond acceptors (Lipinski definition) is 2. The first-order chi connectivity index (χ1) is 14.6. The van der Waals surface area contributed by atoms with Crippen molar-refractivity contribution in [3.05, 3.63) is 112 Å². The molecule has 148 valence electrons. The van der Waals surface area contributed by atoms with Gasteiger partial charge >= 0.3 is 0 Å². The Balaban J connectivity index is 1.73. The molecule has 5 rings (SSSR count). The first-order valence-electron chi connectivity index (χ1n) is 9.61. The second kappa shape index (κ2) is 7.29. The largest absolute Gasteiger partial charge is 0.497 e. The molecule has 30 heavy (non-hydrogen) atoms. The summed E-state index contributed by atoms with van der Waals surface area (Å²) in [7, 11) is 1.62. The topological polar surface area (TPSA) is 18.5 Å². The fourth-order valence-electron chi connectivity index (χ4n) is 4.03. The molecule has 4 aromatic rings. The molecule has 1 heterocycles. The molecule has 4 heteroatoms. The van der Waals surface area contributed by atoms with E-state index in [4.69, 9.17) is 9.47 Å². The minimum Gasteiger partial charge on any atom is -0.497 e. The zero-order valence-corrected chi connectivity index (χ0v) is 17.8. The van der Waals surface area contributed by atoms with E-state index in [1.807, 2.05) is 60.7 Å². The van der Waals surface area contributed by atoms with Crippen LogP contribution >= 0.6 is 15.9 Å². The van der Waals surface area contributed by atoms with E-state index in [2.05, 4.69) is 28.1 Å². The fourth-order valence-corrected chi connectivity index (χ4v) is 4.41. The Morgan fingerprint density at radius 3 is 2.50 bits per heavy atom. The third kappa shape index (κ3) is 2.99. The van der Waals surface area contributed by atoms with Crippen LogP contribution in [0.1, 0.15) is 16.7 Å². The Morgan fingerprint density at radius 1 is 0.933 bits per heavy atom. The summed E-state index contributed by atoms with van der Waals surface area (Å²) in [5.74, 6) is 1.14. The molecule has 0 saturated heterocycles. The van der Waals surface area contributed by atoms with Crippen LogP contribution in [0.4, 0.5) is 4.39 Å². The lowest BCUT2D eigenvalue weighted by Crippen LogP contribution is -2.35. The van der Waals surface area contributed by atoms with Crippen molar-refractivity contribution in [1.82, 2.24) is 0 Å². The van der Waals surface area contributed by atoms with Gasteiger partial charge in [-0.05, 0) is 59.3 Å². The fraction of sp³-hybridized carbons (Fsp3) is 0.0769. The summed E-state index contributed by atoms with van der Waals surface area (Å²) in [6, 6.07) is 24.4. The highest BCUT2D eigenvalue weighted by Gasteiger charge is 2.39. The number of benzene rings is 4. The lowest BCUT2D eigenvalue weighted by Gasteiger charge is -2.36. The molecule has 1 aliphatic heterocycles. The number of fused-ring (bicyclic) bond motifs is 3. The van der Waals surface area contributed by atoms with Crippen molar-refractivity contribution in [2.45, 2.75) is 5.60 Å². The molecule has 0 spiro atoms. The second-order valence-electron chi connectivity index (χ2n) is 7.22. The lowest BCUT2D eigenvalue weighted by atomic mass is 9.83. The van der Waals surface area contributed by atoms with E-state index in [0.717, 1.165) is 32.1 Å². The highest BCUT2D eigenvalue weighted by Crippen LogP contribution is 2.45. The summed E-state index contributed by atoms with van der Waals surface area (Å²) in [6.07, 6.45) is 3.97. The Kier molecular flexibility index (Phi) is 4.59. The number of ether oxygens (including phenoxy) is 2. The molecule has 1 atom stereocenters. The van der Waals surface area contributed by atoms with Gasteiger partial charge in [-0.2, -0.15) is 0 Å². The molecule has 0 bridgehead atoms. The van der Waals surface area contributed by atoms with E-state index in [1.54, 1.807) is 19.2 Å². The average Bonchev–Trinajstić information content (AvgIpc) is 2.78. The molecule has 0 amide bonds. The molecule has 0 radical (unpaired) electrons. The zero-order valence-electron chi connectivity index (χ0n) is 16.2. The van der Waals surface area contributed by atoms with Crippen molar-refractivity contribution >= 4 is 32.8 Å². The Hall–Kier alpha value is -3.11. The first kappa shape index (κ1) is 18.9. The maximum atomic E-state index is 15.0. The van der Waals surface area contributed by atoms with Gasteiger partial charge in [0.25, 0.3) is 0 Å². The van der Waals surface area contributed by atoms with Gasteiger partial charge in [0.2, 0.25) is 0 Å². The van der Waals surface area contributed by atoms with Crippen molar-refractivity contribution in [2.24, 2.45) is 0 Å². The maximum Gasteiger partial charge on any atom is 0.180 e. The standard InChI is InChI=1S/C26H18BrFO2/c1-29-20-10-7-18(8-11-20)26(23-4-2-3-5-24(23)28)15-14-22-21-12-9-19(27)16-17(21)6-13-25(22)30-26/h2-16H,1H3/t26-/m0/s1. The quantitative estimate of drug-likeness (QED) is 0.324. The van der Waals surface area contributed by atoms with Crippen LogP contribution in [0, 0.1) is 5.82 Å². The average molecular weight is 461 g/mol. The molecule has 0 unspecified atom stereocenters. The van der Waals surface area contributed by atoms with E-state index in [9.17, 15) is 4.39 Å². The van der Waals surface area contributed by atoms with Gasteiger partial charge in [-0.15, -0.1) is 0 Å². The van der Waals surface area contributed by atoms with Crippen LogP contribution in [0.5, 0.6) is 11.5 Å². The first-order valence-corrected chi connectivity index (χ1v) is 10.4. The maximum absolute atomic E-state index is 15.0. The molecule has 4 aromatic carbocycles. The molecule has 0 aliphatic carbocycles. The van der Waals surface area contributed by atoms with E-state index >= 15 is 0 Å². The molecule has 0 aromatic heterocycles. The van der Waals surface area contributed by atoms with E-state index < -0.39 is 5.60 Å². The zero-order chi connectivity index (χ0) is 20.7. The molecular weight excluding hydrogens is 443 g/mol. The summed E-state index contributed by atoms with van der Waals surface area (Å²) in [4.78, 5) is 0. The minimum atomic E-state index is -1.08. The van der Waals surface area contributed by atoms with Crippen LogP contribution in [0.3, 0.4) is 0 Å². The minimum absolute atomic E-state index is 0.314. The predicted molar refractivity (Wildman–Crippen MR) is 121 cm³/mol. The van der Waals surface area contributed by atoms with Crippen molar-refractivity contribution in [3.63, 3.8) is 0 Å². The third-order valence-electron chi connectivity index (χ3n) is 5.53. The molecule has 2 nitrogen and oxygen atoms in total. The Labute approximate surface area is 182 Å². The van der Waals surface area contributed by atoms with Crippen molar-refractivity contribution in [2.75, 3.05) is 7.11 Å². The SMILES string of the molecule is COc1ccc([C@]2(c3ccccc3F)C=Cc3c(ccc4cc(Br)ccc34)O2)cc1. The molecule has 0 N–H and O–H groups in total. The van der Waals surface area contributed by atoms with Crippen LogP contribution < -0.4 is 9.47 Å². The van der Waals surface area contributed by atoms with Crippen molar-refractivity contribution in [3.8, 4) is 11.5 Å². The number of methoxy groups -OCH3 is 1. The lowest BCUT2D eigenvalue weighted by molar-refractivity contribution is 0.156. The van der Waals surface area contributed by atoms with Gasteiger partial charge in [0, 0.05) is 21.2 Å². The molecule has 0 saturated carbocycles. The predicted octanol–water partition coefficient (Wildman–Crippen LogP) is 7.10. The molecular formula is C26H18BrFO2. The van der Waals surface area contributed by atoms with Crippen LogP contribution in [0.2, 0.25) is 0 Å². The second-order valence-corrected chi connectivity index (χ2v) is 8.14. The van der Waals surface area contributed by atoms with Gasteiger partial charge in [-0.1, -0.05) is 58.4 Å². The number of halogens is 2. The van der Waals surface area contributed by atoms with Crippen molar-refractivity contribution in [1.29, 1.82) is 0 Å². The van der Waals surface area contributed by atoms with E-state index in [-0.39, 0.29) is 5.82 Å². The molecule has 0 fully saturated rings. The number of hydrogen-bond donors (Lipinski definition) is 0. The van der Waals surface area contributed by atoms with Crippen LogP contribution in [0.25, 0.3) is 16.8 Å². The third-order valence-corrected chi connectivity index (χ3v) is 6.03. The van der Waals surface area contributed by atoms with Crippen molar-refractivity contribution < 1.29 is 13.9 Å². The highest BCUT2D eigenvalue weighted by molar-refractivity contribution is 9.10. The Morgan fingerprint density at radius 2 is 1.73 bits per heavy atom. The van der Waals surface area contributed by atoms with Gasteiger partial charge < -0.3 is 9.47 Å². The van der Waals surface area contributed by atoms with E-state index in [1.165, 1.54) is 6.07 Å². The van der Waals surface area contributed by atoms with Gasteiger partial charge in [0.15, 0.2) is 5.60 Å². The highest BCUT2D eigenvalue weighted by atomic mass is 79.9. The van der Waals surface area contributed by atoms with Crippen LogP contribution in [0.15, 0.2) is 89.4 Å². The van der Waals surface area contributed by atoms with Gasteiger partial charge in [-0.25, -0.2) is 4.39 Å². The smallest absolute Gasteiger partial charge is 0.180 e. The van der Waals surface area contributed by atoms with Crippen LogP contribution in [-0.4, -0.2) is 7.11 Å². The van der Waals surface area contributed by atoms with Gasteiger partial charge in [-0.3, -0.25) is 0 Å². The van der Waals surface area contributed by atoms with Gasteiger partial charge in [0.05, 0.1) is 7.11 Å². The monoisotopic (exact) mass is 460 g/mol. The van der Waals surface area contributed by atoms with Crippen LogP contribution in [-0.2, 0) is 5.60 Å². The summed E-state index contributed by atoms with van der Waals surface area (Å²) in [5.41, 5.74) is 1.20. The summed E-state index contributed by atoms with van der Waals surface area (Å²) >= 11 is 3.53. The summed E-state index contributed by atoms with van der Waals surface area (Å²) in [5, 5.41) is 2.20. The molecule has 1 aliphatic rings. The Bertz CT molecular complexity index is 1280.